The van der Waals surface area contributed by atoms with Gasteiger partial charge in [0.25, 0.3) is 0 Å². The number of halogens is 2. The summed E-state index contributed by atoms with van der Waals surface area (Å²) >= 11 is 10.3. The van der Waals surface area contributed by atoms with E-state index in [1.165, 1.54) is 0 Å². The molecule has 0 aromatic carbocycles. The van der Waals surface area contributed by atoms with E-state index in [1.807, 2.05) is 13.8 Å². The highest BCUT2D eigenvalue weighted by molar-refractivity contribution is 6.32. The molecule has 0 saturated heterocycles. The first-order valence-corrected chi connectivity index (χ1v) is 3.30. The van der Waals surface area contributed by atoms with Crippen LogP contribution in [0.2, 0.25) is 0 Å². The molecule has 9 heavy (non-hydrogen) atoms. The average Bonchev–Trinajstić information content (AvgIpc) is 1.84. The number of carbonyl (C=O) groups excluding carboxylic acids is 1. The molecule has 0 radical (unpaired) electrons. The van der Waals surface area contributed by atoms with Crippen molar-refractivity contribution >= 4 is 29.4 Å². The van der Waals surface area contributed by atoms with E-state index in [1.54, 1.807) is 0 Å². The predicted molar refractivity (Wildman–Crippen MR) is 36.4 cm³/mol. The molecule has 4 heteroatoms. The molecule has 0 rings (SSSR count). The Morgan fingerprint density at radius 1 is 1.56 bits per heavy atom. The molecule has 1 atom stereocenters. The zero-order chi connectivity index (χ0) is 7.44. The lowest BCUT2D eigenvalue weighted by Gasteiger charge is -2.07. The van der Waals surface area contributed by atoms with E-state index < -0.39 is 11.3 Å². The van der Waals surface area contributed by atoms with Gasteiger partial charge in [0.15, 0.2) is 0 Å². The van der Waals surface area contributed by atoms with E-state index in [2.05, 4.69) is 4.29 Å². The van der Waals surface area contributed by atoms with Crippen molar-refractivity contribution in [2.24, 2.45) is 5.92 Å². The summed E-state index contributed by atoms with van der Waals surface area (Å²) in [6.07, 6.45) is 0. The Bertz CT molecular complexity index is 103. The van der Waals surface area contributed by atoms with Gasteiger partial charge >= 0.3 is 5.97 Å². The molecule has 54 valence electrons. The van der Waals surface area contributed by atoms with E-state index in [-0.39, 0.29) is 5.92 Å². The zero-order valence-corrected chi connectivity index (χ0v) is 6.74. The maximum absolute atomic E-state index is 10.5. The van der Waals surface area contributed by atoms with Gasteiger partial charge in [-0.25, -0.2) is 4.79 Å². The van der Waals surface area contributed by atoms with Crippen LogP contribution in [0.25, 0.3) is 0 Å². The van der Waals surface area contributed by atoms with Gasteiger partial charge in [0, 0.05) is 0 Å². The molecule has 0 saturated carbocycles. The Balaban J connectivity index is 3.72. The smallest absolute Gasteiger partial charge is 0.342 e. The lowest BCUT2D eigenvalue weighted by atomic mass is 10.1. The van der Waals surface area contributed by atoms with Crippen LogP contribution in [-0.2, 0) is 9.08 Å². The molecule has 0 aliphatic rings. The fourth-order valence-electron chi connectivity index (χ4n) is 0.315. The van der Waals surface area contributed by atoms with Crippen molar-refractivity contribution in [2.75, 3.05) is 0 Å². The molecule has 2 nitrogen and oxygen atoms in total. The van der Waals surface area contributed by atoms with Crippen LogP contribution < -0.4 is 0 Å². The van der Waals surface area contributed by atoms with Crippen LogP contribution >= 0.6 is 23.5 Å². The van der Waals surface area contributed by atoms with Crippen molar-refractivity contribution < 1.29 is 9.08 Å². The number of hydrogen-bond donors (Lipinski definition) is 0. The number of hydrogen-bond acceptors (Lipinski definition) is 2. The maximum Gasteiger partial charge on any atom is 0.342 e. The molecule has 0 aromatic heterocycles. The summed E-state index contributed by atoms with van der Waals surface area (Å²) in [5.41, 5.74) is 0. The second-order valence-electron chi connectivity index (χ2n) is 2.04. The standard InChI is InChI=1S/C5H8Cl2O2/c1-3(2)4(6)5(8)9-7/h3-4H,1-2H3. The first-order valence-electron chi connectivity index (χ1n) is 2.56. The fourth-order valence-corrected chi connectivity index (χ4v) is 0.501. The van der Waals surface area contributed by atoms with Gasteiger partial charge in [-0.05, 0) is 5.92 Å². The van der Waals surface area contributed by atoms with E-state index in [0.717, 1.165) is 0 Å². The molecule has 0 heterocycles. The van der Waals surface area contributed by atoms with Crippen molar-refractivity contribution in [3.05, 3.63) is 0 Å². The Hall–Kier alpha value is 0.0500. The molecule has 0 aliphatic carbocycles. The molecule has 0 fully saturated rings. The number of carbonyl (C=O) groups is 1. The van der Waals surface area contributed by atoms with Gasteiger partial charge in [-0.1, -0.05) is 13.8 Å². The minimum atomic E-state index is -0.637. The van der Waals surface area contributed by atoms with Crippen molar-refractivity contribution in [2.45, 2.75) is 19.2 Å². The van der Waals surface area contributed by atoms with Crippen molar-refractivity contribution in [3.63, 3.8) is 0 Å². The average molecular weight is 171 g/mol. The summed E-state index contributed by atoms with van der Waals surface area (Å²) in [4.78, 5) is 10.5. The Morgan fingerprint density at radius 2 is 2.00 bits per heavy atom. The minimum Gasteiger partial charge on any atom is -0.346 e. The lowest BCUT2D eigenvalue weighted by Crippen LogP contribution is -2.20. The summed E-state index contributed by atoms with van der Waals surface area (Å²) in [7, 11) is 0. The minimum absolute atomic E-state index is 0.0536. The van der Waals surface area contributed by atoms with Gasteiger partial charge in [-0.3, -0.25) is 0 Å². The van der Waals surface area contributed by atoms with Crippen LogP contribution in [0.3, 0.4) is 0 Å². The van der Waals surface area contributed by atoms with E-state index in [0.29, 0.717) is 0 Å². The monoisotopic (exact) mass is 170 g/mol. The topological polar surface area (TPSA) is 26.3 Å². The normalized spacial score (nSPS) is 13.4. The second kappa shape index (κ2) is 3.96. The molecule has 0 bridgehead atoms. The summed E-state index contributed by atoms with van der Waals surface area (Å²) < 4.78 is 3.87. The Kier molecular flexibility index (Phi) is 3.98. The lowest BCUT2D eigenvalue weighted by molar-refractivity contribution is -0.134. The van der Waals surface area contributed by atoms with Crippen molar-refractivity contribution in [3.8, 4) is 0 Å². The van der Waals surface area contributed by atoms with Crippen molar-refractivity contribution in [1.29, 1.82) is 0 Å². The van der Waals surface area contributed by atoms with Crippen LogP contribution in [0.15, 0.2) is 0 Å². The quantitative estimate of drug-likeness (QED) is 0.593. The highest BCUT2D eigenvalue weighted by atomic mass is 35.5. The summed E-state index contributed by atoms with van der Waals surface area (Å²) in [6.45, 7) is 3.62. The van der Waals surface area contributed by atoms with Gasteiger partial charge in [-0.15, -0.1) is 11.6 Å². The molecular weight excluding hydrogens is 163 g/mol. The highest BCUT2D eigenvalue weighted by Crippen LogP contribution is 2.11. The number of alkyl halides is 1. The third-order valence-electron chi connectivity index (χ3n) is 0.887. The van der Waals surface area contributed by atoms with E-state index in [4.69, 9.17) is 23.5 Å². The Morgan fingerprint density at radius 3 is 2.11 bits per heavy atom. The third kappa shape index (κ3) is 2.92. The van der Waals surface area contributed by atoms with Crippen molar-refractivity contribution in [1.82, 2.24) is 0 Å². The molecular formula is C5H8Cl2O2. The molecule has 0 aromatic rings. The van der Waals surface area contributed by atoms with Gasteiger partial charge in [0.05, 0.1) is 0 Å². The van der Waals surface area contributed by atoms with Gasteiger partial charge in [0.2, 0.25) is 0 Å². The molecule has 0 N–H and O–H groups in total. The second-order valence-corrected chi connectivity index (χ2v) is 2.67. The largest absolute Gasteiger partial charge is 0.346 e. The summed E-state index contributed by atoms with van der Waals surface area (Å²) in [6, 6.07) is 0. The van der Waals surface area contributed by atoms with Gasteiger partial charge < -0.3 is 4.29 Å². The SMILES string of the molecule is CC(C)C(Cl)C(=O)OCl. The van der Waals surface area contributed by atoms with Crippen LogP contribution in [0.5, 0.6) is 0 Å². The maximum atomic E-state index is 10.5. The van der Waals surface area contributed by atoms with E-state index in [9.17, 15) is 4.79 Å². The summed E-state index contributed by atoms with van der Waals surface area (Å²) in [5.74, 6) is -0.536. The van der Waals surface area contributed by atoms with Crippen LogP contribution in [-0.4, -0.2) is 11.3 Å². The van der Waals surface area contributed by atoms with Gasteiger partial charge in [-0.2, -0.15) is 0 Å². The van der Waals surface area contributed by atoms with Crippen LogP contribution in [0.1, 0.15) is 13.8 Å². The highest BCUT2D eigenvalue weighted by Gasteiger charge is 2.19. The molecule has 1 unspecified atom stereocenters. The molecule has 0 aliphatic heterocycles. The predicted octanol–water partition coefficient (Wildman–Crippen LogP) is 1.95. The molecule has 0 spiro atoms. The number of rotatable bonds is 2. The first-order chi connectivity index (χ1) is 4.09. The summed E-state index contributed by atoms with van der Waals surface area (Å²) in [5, 5.41) is -0.637. The van der Waals surface area contributed by atoms with Gasteiger partial charge in [0.1, 0.15) is 17.2 Å². The fraction of sp³-hybridized carbons (Fsp3) is 0.800. The van der Waals surface area contributed by atoms with Crippen LogP contribution in [0.4, 0.5) is 0 Å². The Labute approximate surface area is 64.3 Å². The zero-order valence-electron chi connectivity index (χ0n) is 5.23. The van der Waals surface area contributed by atoms with E-state index >= 15 is 0 Å². The van der Waals surface area contributed by atoms with Crippen LogP contribution in [0, 0.1) is 5.92 Å². The molecule has 0 amide bonds. The first kappa shape index (κ1) is 9.05. The third-order valence-corrected chi connectivity index (χ3v) is 1.72.